The molecule has 3 fully saturated rings. The second-order valence-corrected chi connectivity index (χ2v) is 11.9. The van der Waals surface area contributed by atoms with Crippen LogP contribution in [0, 0.1) is 5.92 Å². The summed E-state index contributed by atoms with van der Waals surface area (Å²) in [6, 6.07) is 0. The zero-order valence-corrected chi connectivity index (χ0v) is 22.5. The van der Waals surface area contributed by atoms with Crippen LogP contribution in [-0.4, -0.2) is 71.0 Å². The second kappa shape index (κ2) is 9.94. The monoisotopic (exact) mass is 593 g/mol. The summed E-state index contributed by atoms with van der Waals surface area (Å²) in [6.07, 6.45) is -0.663. The van der Waals surface area contributed by atoms with Crippen LogP contribution >= 0.6 is 7.82 Å². The number of aliphatic imine (C=N–C) groups is 1. The molecule has 220 valence electrons. The summed E-state index contributed by atoms with van der Waals surface area (Å²) in [5, 5.41) is 2.75. The Morgan fingerprint density at radius 1 is 1.10 bits per heavy atom. The predicted octanol–water partition coefficient (Wildman–Crippen LogP) is 0.637. The van der Waals surface area contributed by atoms with Crippen molar-refractivity contribution in [1.82, 2.24) is 34.4 Å². The van der Waals surface area contributed by atoms with Gasteiger partial charge in [0.2, 0.25) is 0 Å². The number of alkyl halides is 1. The van der Waals surface area contributed by atoms with Crippen LogP contribution in [0.1, 0.15) is 50.0 Å². The third-order valence-electron chi connectivity index (χ3n) is 7.94. The first kappa shape index (κ1) is 26.6. The van der Waals surface area contributed by atoms with E-state index in [9.17, 15) is 9.46 Å². The third-order valence-corrected chi connectivity index (χ3v) is 8.92. The van der Waals surface area contributed by atoms with Gasteiger partial charge in [0.1, 0.15) is 36.0 Å². The topological polar surface area (TPSA) is 238 Å². The number of rotatable bonds is 2. The first-order valence-corrected chi connectivity index (χ1v) is 14.6. The van der Waals surface area contributed by atoms with Gasteiger partial charge in [0.05, 0.1) is 31.5 Å². The number of phosphoric acid groups is 1. The highest BCUT2D eigenvalue weighted by molar-refractivity contribution is 7.47. The van der Waals surface area contributed by atoms with Gasteiger partial charge >= 0.3 is 7.82 Å². The van der Waals surface area contributed by atoms with Crippen LogP contribution in [0.5, 0.6) is 0 Å². The van der Waals surface area contributed by atoms with Gasteiger partial charge in [-0.05, 0) is 25.2 Å². The van der Waals surface area contributed by atoms with E-state index in [1.807, 2.05) is 0 Å². The smallest absolute Gasteiger partial charge is 0.382 e. The van der Waals surface area contributed by atoms with Gasteiger partial charge < -0.3 is 36.9 Å². The van der Waals surface area contributed by atoms with Crippen molar-refractivity contribution in [2.24, 2.45) is 22.4 Å². The van der Waals surface area contributed by atoms with Gasteiger partial charge in [0.25, 0.3) is 0 Å². The summed E-state index contributed by atoms with van der Waals surface area (Å²) in [5.41, 5.74) is 19.1. The molecule has 4 aliphatic heterocycles. The molecule has 17 nitrogen and oxygen atoms in total. The van der Waals surface area contributed by atoms with E-state index in [4.69, 9.17) is 35.7 Å². The molecule has 19 heteroatoms. The van der Waals surface area contributed by atoms with Crippen LogP contribution in [0.15, 0.2) is 24.0 Å². The Kier molecular flexibility index (Phi) is 6.46. The standard InChI is InChI=1S/C22H29FN11O6P/c23-13-10-3-1-2-9-4-12(33-7-29-14-17(24)27-6-28-19(14)33)38-11(9)5-37-41(35,36)40-16(13)21(39-10)34-8-30-15-18(25)31-22(26)32-20(15)34/h6-13,16,18,21H,1-5,25H2,(H,35,36)(H2,24,27,28)(H3,26,31,32)/t9-,10?,11?,12-,13?,16?,18?,21?/m1/s1. The summed E-state index contributed by atoms with van der Waals surface area (Å²) in [7, 11) is -4.78. The van der Waals surface area contributed by atoms with Crippen molar-refractivity contribution in [1.29, 1.82) is 0 Å². The van der Waals surface area contributed by atoms with Crippen molar-refractivity contribution in [2.45, 2.75) is 68.8 Å². The highest BCUT2D eigenvalue weighted by Crippen LogP contribution is 2.52. The zero-order chi connectivity index (χ0) is 28.5. The molecule has 7 heterocycles. The minimum absolute atomic E-state index is 0.0436. The lowest BCUT2D eigenvalue weighted by atomic mass is 9.93. The van der Waals surface area contributed by atoms with Gasteiger partial charge in [-0.3, -0.25) is 18.2 Å². The van der Waals surface area contributed by atoms with Crippen molar-refractivity contribution in [3.63, 3.8) is 0 Å². The third kappa shape index (κ3) is 4.64. The lowest BCUT2D eigenvalue weighted by molar-refractivity contribution is -0.0469. The van der Waals surface area contributed by atoms with Gasteiger partial charge in [-0.2, -0.15) is 4.99 Å². The summed E-state index contributed by atoms with van der Waals surface area (Å²) < 4.78 is 55.2. The van der Waals surface area contributed by atoms with Gasteiger partial charge in [0, 0.05) is 0 Å². The molecule has 2 bridgehead atoms. The maximum atomic E-state index is 15.8. The van der Waals surface area contributed by atoms with E-state index in [0.717, 1.165) is 0 Å². The molecule has 3 aromatic rings. The van der Waals surface area contributed by atoms with E-state index in [2.05, 4.69) is 30.2 Å². The number of phosphoric ester groups is 1. The SMILES string of the molecule is NC1=Nc2c(ncn2C2OC3CCC[C@@H]4C[C@H](n5cnc6c(N)ncnc65)OC4COP(=O)(O)OC2C3F)C(N)N1. The Balaban J connectivity index is 1.13. The number of imidazole rings is 2. The normalized spacial score (nSPS) is 37.5. The second-order valence-electron chi connectivity index (χ2n) is 10.5. The van der Waals surface area contributed by atoms with Gasteiger partial charge in [-0.15, -0.1) is 0 Å². The number of halogens is 1. The number of fused-ring (bicyclic) bond motifs is 5. The van der Waals surface area contributed by atoms with E-state index in [-0.39, 0.29) is 30.1 Å². The molecule has 8 N–H and O–H groups in total. The largest absolute Gasteiger partial charge is 0.472 e. The molecule has 0 saturated carbocycles. The first-order valence-electron chi connectivity index (χ1n) is 13.2. The van der Waals surface area contributed by atoms with Gasteiger partial charge in [-0.1, -0.05) is 6.42 Å². The van der Waals surface area contributed by atoms with Crippen LogP contribution in [0.4, 0.5) is 16.0 Å². The fraction of sp³-hybridized carbons (Fsp3) is 0.591. The maximum Gasteiger partial charge on any atom is 0.472 e. The molecule has 0 spiro atoms. The van der Waals surface area contributed by atoms with E-state index in [0.29, 0.717) is 42.5 Å². The van der Waals surface area contributed by atoms with Crippen molar-refractivity contribution in [3.05, 3.63) is 24.7 Å². The number of hydrogen-bond donors (Lipinski definition) is 5. The Morgan fingerprint density at radius 3 is 2.78 bits per heavy atom. The Bertz CT molecular complexity index is 1550. The van der Waals surface area contributed by atoms with Crippen LogP contribution in [-0.2, 0) is 23.1 Å². The average molecular weight is 594 g/mol. The lowest BCUT2D eigenvalue weighted by Gasteiger charge is -2.26. The summed E-state index contributed by atoms with van der Waals surface area (Å²) in [4.78, 5) is 31.7. The lowest BCUT2D eigenvalue weighted by Crippen LogP contribution is -2.41. The zero-order valence-electron chi connectivity index (χ0n) is 21.6. The van der Waals surface area contributed by atoms with Crippen molar-refractivity contribution >= 4 is 36.6 Å². The van der Waals surface area contributed by atoms with Crippen LogP contribution in [0.25, 0.3) is 11.2 Å². The number of nitrogens with one attached hydrogen (secondary N) is 1. The van der Waals surface area contributed by atoms with Crippen LogP contribution in [0.3, 0.4) is 0 Å². The Morgan fingerprint density at radius 2 is 1.93 bits per heavy atom. The molecule has 9 atom stereocenters. The van der Waals surface area contributed by atoms with E-state index in [1.165, 1.54) is 17.2 Å². The molecular weight excluding hydrogens is 564 g/mol. The quantitative estimate of drug-likeness (QED) is 0.256. The highest BCUT2D eigenvalue weighted by atomic mass is 31.2. The molecule has 3 saturated heterocycles. The Hall–Kier alpha value is -3.25. The summed E-state index contributed by atoms with van der Waals surface area (Å²) in [6.45, 7) is -0.251. The summed E-state index contributed by atoms with van der Waals surface area (Å²) >= 11 is 0. The van der Waals surface area contributed by atoms with Crippen molar-refractivity contribution in [3.8, 4) is 0 Å². The molecule has 7 rings (SSSR count). The number of guanidine groups is 1. The number of nitrogen functional groups attached to an aromatic ring is 1. The fourth-order valence-electron chi connectivity index (χ4n) is 5.98. The fourth-order valence-corrected chi connectivity index (χ4v) is 6.90. The minimum atomic E-state index is -4.78. The van der Waals surface area contributed by atoms with Crippen molar-refractivity contribution in [2.75, 3.05) is 12.3 Å². The van der Waals surface area contributed by atoms with Gasteiger partial charge in [-0.25, -0.2) is 28.9 Å². The molecule has 0 amide bonds. The van der Waals surface area contributed by atoms with Crippen molar-refractivity contribution < 1.29 is 32.4 Å². The molecule has 0 radical (unpaired) electrons. The van der Waals surface area contributed by atoms with E-state index >= 15 is 4.39 Å². The van der Waals surface area contributed by atoms with Crippen LogP contribution < -0.4 is 22.5 Å². The van der Waals surface area contributed by atoms with Crippen LogP contribution in [0.2, 0.25) is 0 Å². The molecule has 7 unspecified atom stereocenters. The highest BCUT2D eigenvalue weighted by Gasteiger charge is 2.51. The number of anilines is 1. The number of nitrogens with two attached hydrogens (primary N) is 3. The first-order chi connectivity index (χ1) is 19.7. The Labute approximate surface area is 231 Å². The van der Waals surface area contributed by atoms with Gasteiger partial charge in [0.15, 0.2) is 35.6 Å². The predicted molar refractivity (Wildman–Crippen MR) is 139 cm³/mol. The maximum absolute atomic E-state index is 15.8. The molecule has 0 aliphatic carbocycles. The molecule has 41 heavy (non-hydrogen) atoms. The number of hydrogen-bond acceptors (Lipinski definition) is 14. The average Bonchev–Trinajstić information content (AvgIpc) is 3.69. The molecule has 0 aromatic carbocycles. The molecule has 4 aliphatic rings. The van der Waals surface area contributed by atoms with E-state index < -0.39 is 50.9 Å². The van der Waals surface area contributed by atoms with E-state index in [1.54, 1.807) is 10.9 Å². The number of aromatic nitrogens is 6. The summed E-state index contributed by atoms with van der Waals surface area (Å²) in [5.74, 6) is 0.461. The number of ether oxygens (including phenoxy) is 2. The molecular formula is C22H29FN11O6P. The molecule has 3 aromatic heterocycles. The number of nitrogens with zero attached hydrogens (tertiary/aromatic N) is 7. The minimum Gasteiger partial charge on any atom is -0.382 e.